The molecule has 0 bridgehead atoms. The topological polar surface area (TPSA) is 35.2 Å². The van der Waals surface area contributed by atoms with Gasteiger partial charge in [0.15, 0.2) is 0 Å². The average Bonchev–Trinajstić information content (AvgIpc) is 2.24. The molecule has 0 aromatic rings. The Hall–Kier alpha value is -1.18. The van der Waals surface area contributed by atoms with Crippen LogP contribution in [0.1, 0.15) is 53.9 Å². The summed E-state index contributed by atoms with van der Waals surface area (Å²) in [7, 11) is 0. The zero-order chi connectivity index (χ0) is 13.5. The summed E-state index contributed by atoms with van der Waals surface area (Å²) in [6.07, 6.45) is 6.76. The Labute approximate surface area is 106 Å². The summed E-state index contributed by atoms with van der Waals surface area (Å²) in [6, 6.07) is 0. The van der Waals surface area contributed by atoms with E-state index in [-0.39, 0.29) is 5.60 Å². The van der Waals surface area contributed by atoms with Crippen LogP contribution in [0.25, 0.3) is 0 Å². The predicted octanol–water partition coefficient (Wildman–Crippen LogP) is 4.29. The lowest BCUT2D eigenvalue weighted by Gasteiger charge is -2.30. The molecule has 2 heteroatoms. The zero-order valence-electron chi connectivity index (χ0n) is 12.0. The van der Waals surface area contributed by atoms with Crippen LogP contribution >= 0.6 is 0 Å². The molecule has 0 aliphatic carbocycles. The Morgan fingerprint density at radius 1 is 1.29 bits per heavy atom. The second-order valence-corrected chi connectivity index (χ2v) is 4.86. The fraction of sp³-hybridized carbons (Fsp3) is 0.600. The minimum absolute atomic E-state index is 0.311. The van der Waals surface area contributed by atoms with E-state index in [1.807, 2.05) is 19.1 Å². The quantitative estimate of drug-likeness (QED) is 0.407. The Kier molecular flexibility index (Phi) is 6.71. The van der Waals surface area contributed by atoms with Gasteiger partial charge in [-0.1, -0.05) is 26.8 Å². The van der Waals surface area contributed by atoms with Crippen LogP contribution in [0.4, 0.5) is 0 Å². The van der Waals surface area contributed by atoms with Crippen molar-refractivity contribution in [2.75, 3.05) is 0 Å². The van der Waals surface area contributed by atoms with Gasteiger partial charge in [-0.25, -0.2) is 0 Å². The molecule has 17 heavy (non-hydrogen) atoms. The SMILES string of the molecule is C=C(CCC)C(C)(C)O/C(=C/C=C(\C)N)CC. The monoisotopic (exact) mass is 237 g/mol. The highest BCUT2D eigenvalue weighted by molar-refractivity contribution is 5.15. The third-order valence-corrected chi connectivity index (χ3v) is 2.67. The van der Waals surface area contributed by atoms with E-state index in [0.29, 0.717) is 0 Å². The molecule has 2 N–H and O–H groups in total. The molecule has 0 spiro atoms. The summed E-state index contributed by atoms with van der Waals surface area (Å²) in [4.78, 5) is 0. The number of nitrogens with two attached hydrogens (primary N) is 1. The summed E-state index contributed by atoms with van der Waals surface area (Å²) in [5, 5.41) is 0. The first-order chi connectivity index (χ1) is 7.83. The highest BCUT2D eigenvalue weighted by Crippen LogP contribution is 2.27. The summed E-state index contributed by atoms with van der Waals surface area (Å²) < 4.78 is 6.01. The minimum atomic E-state index is -0.311. The zero-order valence-corrected chi connectivity index (χ0v) is 12.0. The van der Waals surface area contributed by atoms with Crippen molar-refractivity contribution < 1.29 is 4.74 Å². The first-order valence-corrected chi connectivity index (χ1v) is 6.33. The summed E-state index contributed by atoms with van der Waals surface area (Å²) in [6.45, 7) is 14.3. The number of hydrogen-bond acceptors (Lipinski definition) is 2. The first kappa shape index (κ1) is 15.8. The molecule has 0 fully saturated rings. The fourth-order valence-electron chi connectivity index (χ4n) is 1.45. The van der Waals surface area contributed by atoms with Gasteiger partial charge in [-0.2, -0.15) is 0 Å². The van der Waals surface area contributed by atoms with E-state index >= 15 is 0 Å². The molecule has 0 aliphatic rings. The lowest BCUT2D eigenvalue weighted by Crippen LogP contribution is -2.26. The van der Waals surface area contributed by atoms with Crippen molar-refractivity contribution in [3.8, 4) is 0 Å². The van der Waals surface area contributed by atoms with Crippen molar-refractivity contribution in [2.24, 2.45) is 5.73 Å². The van der Waals surface area contributed by atoms with Gasteiger partial charge in [0.25, 0.3) is 0 Å². The number of allylic oxidation sites excluding steroid dienone is 4. The Balaban J connectivity index is 4.71. The average molecular weight is 237 g/mol. The maximum Gasteiger partial charge on any atom is 0.124 e. The van der Waals surface area contributed by atoms with Gasteiger partial charge < -0.3 is 10.5 Å². The van der Waals surface area contributed by atoms with Crippen molar-refractivity contribution in [1.29, 1.82) is 0 Å². The molecule has 0 rings (SSSR count). The van der Waals surface area contributed by atoms with E-state index in [9.17, 15) is 0 Å². The summed E-state index contributed by atoms with van der Waals surface area (Å²) >= 11 is 0. The van der Waals surface area contributed by atoms with Crippen LogP contribution in [-0.2, 0) is 4.74 Å². The van der Waals surface area contributed by atoms with Crippen molar-refractivity contribution in [3.05, 3.63) is 35.8 Å². The second kappa shape index (κ2) is 7.21. The van der Waals surface area contributed by atoms with Crippen LogP contribution in [0.15, 0.2) is 35.8 Å². The smallest absolute Gasteiger partial charge is 0.124 e. The lowest BCUT2D eigenvalue weighted by atomic mass is 9.95. The lowest BCUT2D eigenvalue weighted by molar-refractivity contribution is 0.0607. The molecule has 0 radical (unpaired) electrons. The number of rotatable bonds is 7. The van der Waals surface area contributed by atoms with Gasteiger partial charge in [-0.15, -0.1) is 0 Å². The molecule has 2 nitrogen and oxygen atoms in total. The van der Waals surface area contributed by atoms with Crippen LogP contribution in [0, 0.1) is 0 Å². The van der Waals surface area contributed by atoms with Gasteiger partial charge in [-0.3, -0.25) is 0 Å². The maximum atomic E-state index is 6.01. The van der Waals surface area contributed by atoms with Crippen molar-refractivity contribution in [2.45, 2.75) is 59.5 Å². The molecule has 0 aliphatic heterocycles. The van der Waals surface area contributed by atoms with Gasteiger partial charge in [0, 0.05) is 12.1 Å². The van der Waals surface area contributed by atoms with Gasteiger partial charge in [0.1, 0.15) is 5.60 Å². The Morgan fingerprint density at radius 3 is 2.29 bits per heavy atom. The van der Waals surface area contributed by atoms with Gasteiger partial charge >= 0.3 is 0 Å². The van der Waals surface area contributed by atoms with Crippen LogP contribution in [0.2, 0.25) is 0 Å². The second-order valence-electron chi connectivity index (χ2n) is 4.86. The van der Waals surface area contributed by atoms with Gasteiger partial charge in [-0.05, 0) is 44.9 Å². The fourth-order valence-corrected chi connectivity index (χ4v) is 1.45. The molecule has 0 aromatic heterocycles. The summed E-state index contributed by atoms with van der Waals surface area (Å²) in [5.74, 6) is 0.942. The van der Waals surface area contributed by atoms with Crippen LogP contribution < -0.4 is 5.73 Å². The third kappa shape index (κ3) is 6.20. The van der Waals surface area contributed by atoms with E-state index in [2.05, 4.69) is 34.3 Å². The molecule has 0 saturated carbocycles. The normalized spacial score (nSPS) is 13.7. The Morgan fingerprint density at radius 2 is 1.88 bits per heavy atom. The van der Waals surface area contributed by atoms with Gasteiger partial charge in [0.2, 0.25) is 0 Å². The van der Waals surface area contributed by atoms with Crippen LogP contribution in [0.5, 0.6) is 0 Å². The molecular formula is C15H27NO. The molecular weight excluding hydrogens is 210 g/mol. The largest absolute Gasteiger partial charge is 0.488 e. The highest BCUT2D eigenvalue weighted by Gasteiger charge is 2.23. The van der Waals surface area contributed by atoms with E-state index in [0.717, 1.165) is 36.3 Å². The highest BCUT2D eigenvalue weighted by atomic mass is 16.5. The molecule has 0 unspecified atom stereocenters. The summed E-state index contributed by atoms with van der Waals surface area (Å²) in [5.41, 5.74) is 7.21. The minimum Gasteiger partial charge on any atom is -0.488 e. The van der Waals surface area contributed by atoms with Crippen molar-refractivity contribution >= 4 is 0 Å². The Bertz CT molecular complexity index is 307. The number of ether oxygens (including phenoxy) is 1. The molecule has 0 aromatic carbocycles. The van der Waals surface area contributed by atoms with Crippen molar-refractivity contribution in [3.63, 3.8) is 0 Å². The first-order valence-electron chi connectivity index (χ1n) is 6.33. The van der Waals surface area contributed by atoms with Crippen molar-refractivity contribution in [1.82, 2.24) is 0 Å². The molecule has 0 amide bonds. The molecule has 0 atom stereocenters. The third-order valence-electron chi connectivity index (χ3n) is 2.67. The van der Waals surface area contributed by atoms with Crippen LogP contribution in [0.3, 0.4) is 0 Å². The van der Waals surface area contributed by atoms with E-state index in [4.69, 9.17) is 10.5 Å². The van der Waals surface area contributed by atoms with Gasteiger partial charge in [0.05, 0.1) is 5.76 Å². The number of hydrogen-bond donors (Lipinski definition) is 1. The van der Waals surface area contributed by atoms with E-state index in [1.165, 1.54) is 0 Å². The molecule has 98 valence electrons. The van der Waals surface area contributed by atoms with E-state index < -0.39 is 0 Å². The maximum absolute atomic E-state index is 6.01. The van der Waals surface area contributed by atoms with Crippen LogP contribution in [-0.4, -0.2) is 5.60 Å². The molecule has 0 saturated heterocycles. The predicted molar refractivity (Wildman–Crippen MR) is 75.5 cm³/mol. The standard InChI is InChI=1S/C15H27NO/c1-7-9-12(3)15(5,6)17-14(8-2)11-10-13(4)16/h10-11H,3,7-9,16H2,1-2,4-6H3/b13-10+,14-11+. The molecule has 0 heterocycles. The van der Waals surface area contributed by atoms with E-state index in [1.54, 1.807) is 0 Å².